The van der Waals surface area contributed by atoms with Crippen molar-refractivity contribution in [3.8, 4) is 5.75 Å². The molecule has 0 bridgehead atoms. The van der Waals surface area contributed by atoms with Gasteiger partial charge in [0.2, 0.25) is 0 Å². The van der Waals surface area contributed by atoms with Gasteiger partial charge in [0.15, 0.2) is 0 Å². The summed E-state index contributed by atoms with van der Waals surface area (Å²) in [6.07, 6.45) is 0. The number of hydroxylamine groups is 1. The van der Waals surface area contributed by atoms with Crippen molar-refractivity contribution >= 4 is 22.1 Å². The number of ether oxygens (including phenoxy) is 1. The second-order valence-electron chi connectivity index (χ2n) is 5.47. The van der Waals surface area contributed by atoms with Crippen LogP contribution in [-0.2, 0) is 11.4 Å². The molecule has 3 rings (SSSR count). The van der Waals surface area contributed by atoms with Crippen molar-refractivity contribution in [1.82, 2.24) is 0 Å². The SMILES string of the molecule is COc1ccc(CN(OC)c2ccc([N+](=O)[O-])c3ccccc23)cc1. The summed E-state index contributed by atoms with van der Waals surface area (Å²) in [7, 11) is 3.21. The van der Waals surface area contributed by atoms with Gasteiger partial charge in [0.05, 0.1) is 36.8 Å². The number of anilines is 1. The van der Waals surface area contributed by atoms with Gasteiger partial charge in [-0.25, -0.2) is 5.06 Å². The van der Waals surface area contributed by atoms with Gasteiger partial charge < -0.3 is 4.74 Å². The monoisotopic (exact) mass is 338 g/mol. The number of benzene rings is 3. The van der Waals surface area contributed by atoms with Crippen molar-refractivity contribution in [2.75, 3.05) is 19.3 Å². The van der Waals surface area contributed by atoms with E-state index in [-0.39, 0.29) is 10.6 Å². The van der Waals surface area contributed by atoms with Gasteiger partial charge in [-0.15, -0.1) is 0 Å². The van der Waals surface area contributed by atoms with Crippen LogP contribution >= 0.6 is 0 Å². The minimum absolute atomic E-state index is 0.0832. The molecule has 0 aliphatic rings. The quantitative estimate of drug-likeness (QED) is 0.494. The van der Waals surface area contributed by atoms with Crippen molar-refractivity contribution in [2.24, 2.45) is 0 Å². The summed E-state index contributed by atoms with van der Waals surface area (Å²) in [5, 5.41) is 14.3. The second-order valence-corrected chi connectivity index (χ2v) is 5.47. The number of rotatable bonds is 6. The van der Waals surface area contributed by atoms with Crippen LogP contribution in [0.2, 0.25) is 0 Å². The van der Waals surface area contributed by atoms with Crippen LogP contribution in [0.5, 0.6) is 5.75 Å². The summed E-state index contributed by atoms with van der Waals surface area (Å²) in [4.78, 5) is 16.4. The molecule has 0 unspecified atom stereocenters. The maximum atomic E-state index is 11.3. The maximum Gasteiger partial charge on any atom is 0.277 e. The minimum atomic E-state index is -0.368. The summed E-state index contributed by atoms with van der Waals surface area (Å²) in [5.41, 5.74) is 1.89. The van der Waals surface area contributed by atoms with Gasteiger partial charge in [0.1, 0.15) is 5.75 Å². The third-order valence-corrected chi connectivity index (χ3v) is 4.05. The number of nitrogens with zero attached hydrogens (tertiary/aromatic N) is 2. The average molecular weight is 338 g/mol. The molecule has 128 valence electrons. The van der Waals surface area contributed by atoms with E-state index in [1.807, 2.05) is 36.4 Å². The van der Waals surface area contributed by atoms with E-state index in [1.54, 1.807) is 37.5 Å². The highest BCUT2D eigenvalue weighted by Gasteiger charge is 2.17. The lowest BCUT2D eigenvalue weighted by Crippen LogP contribution is -2.21. The molecule has 0 aromatic heterocycles. The highest BCUT2D eigenvalue weighted by Crippen LogP contribution is 2.34. The Hall–Kier alpha value is -3.12. The summed E-state index contributed by atoms with van der Waals surface area (Å²) in [5.74, 6) is 0.786. The number of nitro benzene ring substituents is 1. The maximum absolute atomic E-state index is 11.3. The van der Waals surface area contributed by atoms with Crippen LogP contribution in [0.15, 0.2) is 60.7 Å². The average Bonchev–Trinajstić information content (AvgIpc) is 2.65. The fraction of sp³-hybridized carbons (Fsp3) is 0.158. The zero-order chi connectivity index (χ0) is 17.8. The highest BCUT2D eigenvalue weighted by atomic mass is 16.7. The topological polar surface area (TPSA) is 64.8 Å². The number of nitro groups is 1. The van der Waals surface area contributed by atoms with Crippen LogP contribution in [0.25, 0.3) is 10.8 Å². The molecule has 0 heterocycles. The van der Waals surface area contributed by atoms with E-state index in [1.165, 1.54) is 6.07 Å². The molecule has 0 aliphatic carbocycles. The highest BCUT2D eigenvalue weighted by molar-refractivity contribution is 5.99. The number of non-ortho nitro benzene ring substituents is 1. The molecule has 0 N–H and O–H groups in total. The third kappa shape index (κ3) is 3.39. The van der Waals surface area contributed by atoms with Crippen LogP contribution in [0.1, 0.15) is 5.56 Å². The van der Waals surface area contributed by atoms with Gasteiger partial charge in [0, 0.05) is 11.5 Å². The largest absolute Gasteiger partial charge is 0.497 e. The summed E-state index contributed by atoms with van der Waals surface area (Å²) in [6.45, 7) is 0.502. The minimum Gasteiger partial charge on any atom is -0.497 e. The predicted molar refractivity (Wildman–Crippen MR) is 96.8 cm³/mol. The van der Waals surface area contributed by atoms with Crippen molar-refractivity contribution in [2.45, 2.75) is 6.54 Å². The summed E-state index contributed by atoms with van der Waals surface area (Å²) < 4.78 is 5.17. The Balaban J connectivity index is 2.00. The van der Waals surface area contributed by atoms with E-state index in [9.17, 15) is 10.1 Å². The molecule has 0 fully saturated rings. The first kappa shape index (κ1) is 16.7. The number of hydrogen-bond donors (Lipinski definition) is 0. The van der Waals surface area contributed by atoms with Crippen LogP contribution < -0.4 is 9.80 Å². The zero-order valence-corrected chi connectivity index (χ0v) is 14.0. The van der Waals surface area contributed by atoms with Crippen molar-refractivity contribution in [3.05, 3.63) is 76.3 Å². The Morgan fingerprint density at radius 1 is 0.960 bits per heavy atom. The van der Waals surface area contributed by atoms with Crippen LogP contribution in [0.4, 0.5) is 11.4 Å². The fourth-order valence-electron chi connectivity index (χ4n) is 2.79. The standard InChI is InChI=1S/C19H18N2O4/c1-24-15-9-7-14(8-10-15)13-20(25-2)18-11-12-19(21(22)23)17-6-4-3-5-16(17)18/h3-12H,13H2,1-2H3. The first-order valence-electron chi connectivity index (χ1n) is 7.74. The number of hydrogen-bond acceptors (Lipinski definition) is 5. The van der Waals surface area contributed by atoms with E-state index in [2.05, 4.69) is 0 Å². The van der Waals surface area contributed by atoms with E-state index in [0.29, 0.717) is 11.9 Å². The normalized spacial score (nSPS) is 10.6. The van der Waals surface area contributed by atoms with Crippen molar-refractivity contribution < 1.29 is 14.5 Å². The predicted octanol–water partition coefficient (Wildman–Crippen LogP) is 4.32. The molecule has 3 aromatic rings. The summed E-state index contributed by atoms with van der Waals surface area (Å²) in [6, 6.07) is 18.2. The number of fused-ring (bicyclic) bond motifs is 1. The molecule has 0 spiro atoms. The molecule has 3 aromatic carbocycles. The van der Waals surface area contributed by atoms with Crippen LogP contribution in [-0.4, -0.2) is 19.1 Å². The molecule has 0 saturated carbocycles. The van der Waals surface area contributed by atoms with Crippen LogP contribution in [0, 0.1) is 10.1 Å². The Morgan fingerprint density at radius 2 is 1.64 bits per heavy atom. The Kier molecular flexibility index (Phi) is 4.81. The molecule has 0 radical (unpaired) electrons. The molecule has 25 heavy (non-hydrogen) atoms. The lowest BCUT2D eigenvalue weighted by Gasteiger charge is -2.23. The molecule has 0 aliphatic heterocycles. The van der Waals surface area contributed by atoms with Gasteiger partial charge in [-0.3, -0.25) is 15.0 Å². The smallest absolute Gasteiger partial charge is 0.277 e. The summed E-state index contributed by atoms with van der Waals surface area (Å²) >= 11 is 0. The number of methoxy groups -OCH3 is 1. The Morgan fingerprint density at radius 3 is 2.24 bits per heavy atom. The van der Waals surface area contributed by atoms with Crippen molar-refractivity contribution in [1.29, 1.82) is 0 Å². The Labute approximate surface area is 145 Å². The van der Waals surface area contributed by atoms with E-state index >= 15 is 0 Å². The van der Waals surface area contributed by atoms with Gasteiger partial charge in [0.25, 0.3) is 5.69 Å². The lowest BCUT2D eigenvalue weighted by atomic mass is 10.1. The van der Waals surface area contributed by atoms with Crippen LogP contribution in [0.3, 0.4) is 0 Å². The van der Waals surface area contributed by atoms with E-state index in [4.69, 9.17) is 9.57 Å². The molecular weight excluding hydrogens is 320 g/mol. The van der Waals surface area contributed by atoms with Gasteiger partial charge in [-0.05, 0) is 29.8 Å². The first-order valence-corrected chi connectivity index (χ1v) is 7.74. The zero-order valence-electron chi connectivity index (χ0n) is 14.0. The van der Waals surface area contributed by atoms with Gasteiger partial charge in [-0.1, -0.05) is 30.3 Å². The van der Waals surface area contributed by atoms with E-state index in [0.717, 1.165) is 22.4 Å². The lowest BCUT2D eigenvalue weighted by molar-refractivity contribution is -0.383. The molecule has 0 saturated heterocycles. The molecule has 6 nitrogen and oxygen atoms in total. The van der Waals surface area contributed by atoms with Crippen molar-refractivity contribution in [3.63, 3.8) is 0 Å². The molecule has 0 atom stereocenters. The Bertz CT molecular complexity index is 894. The van der Waals surface area contributed by atoms with Gasteiger partial charge in [-0.2, -0.15) is 0 Å². The fourth-order valence-corrected chi connectivity index (χ4v) is 2.79. The molecule has 6 heteroatoms. The molecular formula is C19H18N2O4. The third-order valence-electron chi connectivity index (χ3n) is 4.05. The second kappa shape index (κ2) is 7.19. The van der Waals surface area contributed by atoms with E-state index < -0.39 is 0 Å². The van der Waals surface area contributed by atoms with Gasteiger partial charge >= 0.3 is 0 Å². The first-order chi connectivity index (χ1) is 12.1. The molecule has 0 amide bonds.